The van der Waals surface area contributed by atoms with Crippen molar-refractivity contribution < 1.29 is 19.4 Å². The summed E-state index contributed by atoms with van der Waals surface area (Å²) < 4.78 is 6.27. The van der Waals surface area contributed by atoms with E-state index in [4.69, 9.17) is 4.74 Å². The van der Waals surface area contributed by atoms with E-state index in [1.54, 1.807) is 11.1 Å². The molecule has 10 heteroatoms. The van der Waals surface area contributed by atoms with E-state index in [0.29, 0.717) is 49.3 Å². The van der Waals surface area contributed by atoms with Crippen molar-refractivity contribution in [3.63, 3.8) is 0 Å². The highest BCUT2D eigenvalue weighted by atomic mass is 16.5. The summed E-state index contributed by atoms with van der Waals surface area (Å²) in [6.07, 6.45) is 0.0752. The minimum absolute atomic E-state index is 0.126. The third-order valence-electron chi connectivity index (χ3n) is 6.18. The molecule has 1 aliphatic heterocycles. The van der Waals surface area contributed by atoms with Gasteiger partial charge in [0, 0.05) is 46.5 Å². The molecule has 2 amide bonds. The van der Waals surface area contributed by atoms with Crippen LogP contribution in [0.3, 0.4) is 0 Å². The molecule has 2 N–H and O–H groups in total. The van der Waals surface area contributed by atoms with E-state index >= 15 is 0 Å². The Morgan fingerprint density at radius 2 is 1.97 bits per heavy atom. The molecule has 0 bridgehead atoms. The molecule has 0 aliphatic carbocycles. The van der Waals surface area contributed by atoms with Crippen LogP contribution in [0.2, 0.25) is 0 Å². The molecule has 1 aliphatic rings. The molecule has 0 spiro atoms. The highest BCUT2D eigenvalue weighted by molar-refractivity contribution is 5.99. The van der Waals surface area contributed by atoms with Gasteiger partial charge < -0.3 is 29.9 Å². The van der Waals surface area contributed by atoms with Crippen molar-refractivity contribution in [2.45, 2.75) is 19.6 Å². The Morgan fingerprint density at radius 1 is 1.19 bits per heavy atom. The van der Waals surface area contributed by atoms with Crippen molar-refractivity contribution in [3.8, 4) is 5.75 Å². The lowest BCUT2D eigenvalue weighted by Crippen LogP contribution is -2.33. The summed E-state index contributed by atoms with van der Waals surface area (Å²) >= 11 is 0. The number of nitrogens with one attached hydrogen (secondary N) is 1. The zero-order valence-electron chi connectivity index (χ0n) is 21.3. The summed E-state index contributed by atoms with van der Waals surface area (Å²) in [7, 11) is 3.44. The fraction of sp³-hybridized carbons (Fsp3) is 0.333. The van der Waals surface area contributed by atoms with Gasteiger partial charge >= 0.3 is 6.09 Å². The molecule has 0 saturated heterocycles. The van der Waals surface area contributed by atoms with Gasteiger partial charge in [0.25, 0.3) is 5.91 Å². The number of benzene rings is 2. The molecule has 37 heavy (non-hydrogen) atoms. The van der Waals surface area contributed by atoms with Gasteiger partial charge in [-0.25, -0.2) is 9.78 Å². The quantitative estimate of drug-likeness (QED) is 0.454. The number of fused-ring (bicyclic) bond motifs is 1. The van der Waals surface area contributed by atoms with Crippen LogP contribution in [-0.2, 0) is 6.54 Å². The van der Waals surface area contributed by atoms with Crippen molar-refractivity contribution in [2.75, 3.05) is 50.5 Å². The second-order valence-corrected chi connectivity index (χ2v) is 8.94. The number of aromatic nitrogens is 2. The summed E-state index contributed by atoms with van der Waals surface area (Å²) in [5, 5.41) is 12.5. The van der Waals surface area contributed by atoms with Crippen LogP contribution in [0.1, 0.15) is 34.5 Å². The standard InChI is InChI=1S/C27H32N6O4/c1-4-28-26-29-16-22-24(30-26)31(2)13-14-33(25(22)34)17-19-9-8-12-21(15-19)37-23(18-32(3)27(35)36)20-10-6-5-7-11-20/h5-12,15-16,23H,4,13-14,17-18H2,1-3H3,(H,35,36)(H,28,29,30). The Balaban J connectivity index is 1.53. The van der Waals surface area contributed by atoms with Gasteiger partial charge in [-0.1, -0.05) is 42.5 Å². The Hall–Kier alpha value is -4.34. The molecule has 3 aromatic rings. The molecule has 2 aromatic carbocycles. The number of hydrogen-bond donors (Lipinski definition) is 2. The van der Waals surface area contributed by atoms with E-state index in [0.717, 1.165) is 11.1 Å². The van der Waals surface area contributed by atoms with Gasteiger partial charge in [0.2, 0.25) is 5.95 Å². The first-order valence-corrected chi connectivity index (χ1v) is 12.2. The van der Waals surface area contributed by atoms with Gasteiger partial charge in [-0.2, -0.15) is 4.98 Å². The molecule has 1 aromatic heterocycles. The van der Waals surface area contributed by atoms with E-state index in [-0.39, 0.29) is 12.5 Å². The van der Waals surface area contributed by atoms with Gasteiger partial charge in [-0.05, 0) is 30.2 Å². The third-order valence-corrected chi connectivity index (χ3v) is 6.18. The number of anilines is 2. The molecule has 0 radical (unpaired) electrons. The van der Waals surface area contributed by atoms with Crippen molar-refractivity contribution in [2.24, 2.45) is 0 Å². The maximum atomic E-state index is 13.4. The maximum Gasteiger partial charge on any atom is 0.407 e. The third kappa shape index (κ3) is 6.27. The Morgan fingerprint density at radius 3 is 2.70 bits per heavy atom. The molecule has 0 saturated carbocycles. The highest BCUT2D eigenvalue weighted by Gasteiger charge is 2.27. The summed E-state index contributed by atoms with van der Waals surface area (Å²) in [6, 6.07) is 17.1. The van der Waals surface area contributed by atoms with Crippen molar-refractivity contribution in [1.29, 1.82) is 0 Å². The molecular formula is C27H32N6O4. The smallest absolute Gasteiger partial charge is 0.407 e. The number of ether oxygens (including phenoxy) is 1. The Bertz CT molecular complexity index is 1240. The van der Waals surface area contributed by atoms with Gasteiger partial charge in [-0.15, -0.1) is 0 Å². The number of rotatable bonds is 9. The average molecular weight is 505 g/mol. The second kappa shape index (κ2) is 11.6. The molecule has 1 unspecified atom stereocenters. The van der Waals surface area contributed by atoms with E-state index in [2.05, 4.69) is 15.3 Å². The number of carbonyl (C=O) groups excluding carboxylic acids is 1. The van der Waals surface area contributed by atoms with E-state index in [9.17, 15) is 14.7 Å². The summed E-state index contributed by atoms with van der Waals surface area (Å²) in [5.74, 6) is 1.59. The molecular weight excluding hydrogens is 472 g/mol. The summed E-state index contributed by atoms with van der Waals surface area (Å²) in [6.45, 7) is 4.39. The highest BCUT2D eigenvalue weighted by Crippen LogP contribution is 2.27. The van der Waals surface area contributed by atoms with Gasteiger partial charge in [0.1, 0.15) is 23.2 Å². The topological polar surface area (TPSA) is 111 Å². The Kier molecular flexibility index (Phi) is 8.07. The lowest BCUT2D eigenvalue weighted by Gasteiger charge is -2.25. The number of carboxylic acid groups (broad SMARTS) is 1. The zero-order chi connectivity index (χ0) is 26.4. The Labute approximate surface area is 216 Å². The summed E-state index contributed by atoms with van der Waals surface area (Å²) in [4.78, 5) is 38.6. The van der Waals surface area contributed by atoms with E-state index < -0.39 is 12.2 Å². The molecule has 2 heterocycles. The first-order valence-electron chi connectivity index (χ1n) is 12.2. The van der Waals surface area contributed by atoms with Crippen LogP contribution in [0.5, 0.6) is 5.75 Å². The molecule has 0 fully saturated rings. The predicted molar refractivity (Wildman–Crippen MR) is 141 cm³/mol. The number of amides is 2. The van der Waals surface area contributed by atoms with Gasteiger partial charge in [0.15, 0.2) is 0 Å². The summed E-state index contributed by atoms with van der Waals surface area (Å²) in [5.41, 5.74) is 2.25. The normalized spacial score (nSPS) is 14.0. The van der Waals surface area contributed by atoms with Crippen molar-refractivity contribution in [1.82, 2.24) is 19.8 Å². The van der Waals surface area contributed by atoms with Crippen LogP contribution in [0.25, 0.3) is 0 Å². The maximum absolute atomic E-state index is 13.4. The van der Waals surface area contributed by atoms with Crippen molar-refractivity contribution in [3.05, 3.63) is 77.5 Å². The van der Waals surface area contributed by atoms with E-state index in [1.165, 1.54) is 11.9 Å². The minimum Gasteiger partial charge on any atom is -0.484 e. The van der Waals surface area contributed by atoms with Gasteiger partial charge in [-0.3, -0.25) is 4.79 Å². The van der Waals surface area contributed by atoms with Crippen LogP contribution in [0.4, 0.5) is 16.6 Å². The second-order valence-electron chi connectivity index (χ2n) is 8.94. The monoisotopic (exact) mass is 504 g/mol. The van der Waals surface area contributed by atoms with Crippen LogP contribution >= 0.6 is 0 Å². The number of hydrogen-bond acceptors (Lipinski definition) is 7. The van der Waals surface area contributed by atoms with Crippen LogP contribution in [0.15, 0.2) is 60.8 Å². The zero-order valence-corrected chi connectivity index (χ0v) is 21.3. The number of likely N-dealkylation sites (N-methyl/N-ethyl adjacent to an activating group) is 2. The van der Waals surface area contributed by atoms with Crippen LogP contribution in [-0.4, -0.2) is 77.1 Å². The molecule has 10 nitrogen and oxygen atoms in total. The number of carbonyl (C=O) groups is 2. The first kappa shape index (κ1) is 25.7. The SMILES string of the molecule is CCNc1ncc2c(n1)N(C)CCN(Cc1cccc(OC(CN(C)C(=O)O)c3ccccc3)c1)C2=O. The fourth-order valence-corrected chi connectivity index (χ4v) is 4.16. The van der Waals surface area contributed by atoms with Crippen LogP contribution < -0.4 is 15.0 Å². The molecule has 1 atom stereocenters. The van der Waals surface area contributed by atoms with E-state index in [1.807, 2.05) is 73.5 Å². The fourth-order valence-electron chi connectivity index (χ4n) is 4.16. The predicted octanol–water partition coefficient (Wildman–Crippen LogP) is 3.73. The lowest BCUT2D eigenvalue weighted by atomic mass is 10.1. The number of nitrogens with zero attached hydrogens (tertiary/aromatic N) is 5. The largest absolute Gasteiger partial charge is 0.484 e. The lowest BCUT2D eigenvalue weighted by molar-refractivity contribution is 0.0754. The average Bonchev–Trinajstić information content (AvgIpc) is 3.01. The van der Waals surface area contributed by atoms with Gasteiger partial charge in [0.05, 0.1) is 6.54 Å². The molecule has 4 rings (SSSR count). The first-order chi connectivity index (χ1) is 17.9. The minimum atomic E-state index is -1.02. The van der Waals surface area contributed by atoms with Crippen molar-refractivity contribution >= 4 is 23.8 Å². The van der Waals surface area contributed by atoms with Crippen LogP contribution in [0, 0.1) is 0 Å². The molecule has 194 valence electrons.